The second-order valence-electron chi connectivity index (χ2n) is 7.53. The van der Waals surface area contributed by atoms with Crippen LogP contribution in [0.4, 0.5) is 0 Å². The summed E-state index contributed by atoms with van der Waals surface area (Å²) in [6.07, 6.45) is 1.84. The van der Waals surface area contributed by atoms with Gasteiger partial charge in [-0.05, 0) is 50.2 Å². The van der Waals surface area contributed by atoms with E-state index in [2.05, 4.69) is 12.0 Å². The monoisotopic (exact) mass is 414 g/mol. The first-order valence-corrected chi connectivity index (χ1v) is 10.3. The highest BCUT2D eigenvalue weighted by atomic mass is 16.5. The number of amides is 1. The van der Waals surface area contributed by atoms with Gasteiger partial charge in [0, 0.05) is 42.3 Å². The van der Waals surface area contributed by atoms with Crippen LogP contribution in [-0.4, -0.2) is 39.7 Å². The Bertz CT molecular complexity index is 1230. The van der Waals surface area contributed by atoms with Gasteiger partial charge in [0.25, 0.3) is 5.91 Å². The van der Waals surface area contributed by atoms with Crippen molar-refractivity contribution < 1.29 is 9.53 Å². The number of benzene rings is 2. The van der Waals surface area contributed by atoms with Gasteiger partial charge in [-0.1, -0.05) is 18.2 Å². The number of pyridine rings is 1. The van der Waals surface area contributed by atoms with E-state index in [0.29, 0.717) is 12.1 Å². The summed E-state index contributed by atoms with van der Waals surface area (Å²) in [5.41, 5.74) is 5.26. The van der Waals surface area contributed by atoms with Crippen molar-refractivity contribution in [2.75, 3.05) is 14.2 Å². The highest BCUT2D eigenvalue weighted by Crippen LogP contribution is 2.27. The molecule has 2 aromatic carbocycles. The second-order valence-corrected chi connectivity index (χ2v) is 7.53. The topological polar surface area (TPSA) is 60.2 Å². The van der Waals surface area contributed by atoms with Crippen molar-refractivity contribution in [1.82, 2.24) is 19.7 Å². The Labute approximate surface area is 182 Å². The number of ether oxygens (including phenoxy) is 1. The van der Waals surface area contributed by atoms with Gasteiger partial charge in [0.15, 0.2) is 0 Å². The third-order valence-electron chi connectivity index (χ3n) is 5.59. The molecule has 0 fully saturated rings. The van der Waals surface area contributed by atoms with Gasteiger partial charge < -0.3 is 9.64 Å². The van der Waals surface area contributed by atoms with E-state index in [0.717, 1.165) is 45.7 Å². The molecule has 0 atom stereocenters. The van der Waals surface area contributed by atoms with Gasteiger partial charge in [0.05, 0.1) is 30.1 Å². The maximum absolute atomic E-state index is 13.5. The lowest BCUT2D eigenvalue weighted by molar-refractivity contribution is 0.0787. The molecule has 1 amide bonds. The van der Waals surface area contributed by atoms with E-state index in [9.17, 15) is 4.79 Å². The second kappa shape index (κ2) is 8.60. The fourth-order valence-corrected chi connectivity index (χ4v) is 3.75. The third kappa shape index (κ3) is 4.01. The largest absolute Gasteiger partial charge is 0.497 e. The number of carbonyl (C=O) groups is 1. The molecule has 0 aliphatic carbocycles. The van der Waals surface area contributed by atoms with E-state index >= 15 is 0 Å². The highest BCUT2D eigenvalue weighted by Gasteiger charge is 2.19. The number of hydrogen-bond donors (Lipinski definition) is 0. The van der Waals surface area contributed by atoms with Crippen LogP contribution < -0.4 is 4.74 Å². The van der Waals surface area contributed by atoms with E-state index in [1.807, 2.05) is 79.4 Å². The summed E-state index contributed by atoms with van der Waals surface area (Å²) < 4.78 is 7.20. The van der Waals surface area contributed by atoms with Crippen molar-refractivity contribution in [3.63, 3.8) is 0 Å². The zero-order valence-corrected chi connectivity index (χ0v) is 18.3. The fourth-order valence-electron chi connectivity index (χ4n) is 3.75. The summed E-state index contributed by atoms with van der Waals surface area (Å²) in [5.74, 6) is 0.737. The Morgan fingerprint density at radius 1 is 1.13 bits per heavy atom. The van der Waals surface area contributed by atoms with E-state index in [-0.39, 0.29) is 5.91 Å². The average Bonchev–Trinajstić information content (AvgIpc) is 3.16. The highest BCUT2D eigenvalue weighted by molar-refractivity contribution is 6.07. The summed E-state index contributed by atoms with van der Waals surface area (Å²) in [4.78, 5) is 20.0. The van der Waals surface area contributed by atoms with Crippen molar-refractivity contribution in [3.05, 3.63) is 77.6 Å². The SMILES string of the molecule is CCn1ncc(CN(C)C(=O)c2cc(-c3ccc(OC)cc3)nc3ccccc23)c1C. The number of fused-ring (bicyclic) bond motifs is 1. The fraction of sp³-hybridized carbons (Fsp3) is 0.240. The van der Waals surface area contributed by atoms with Crippen molar-refractivity contribution >= 4 is 16.8 Å². The lowest BCUT2D eigenvalue weighted by atomic mass is 10.0. The lowest BCUT2D eigenvalue weighted by Crippen LogP contribution is -2.26. The maximum atomic E-state index is 13.5. The van der Waals surface area contributed by atoms with Crippen LogP contribution in [0.25, 0.3) is 22.2 Å². The predicted octanol–water partition coefficient (Wildman–Crippen LogP) is 4.71. The Morgan fingerprint density at radius 2 is 1.87 bits per heavy atom. The molecule has 0 radical (unpaired) electrons. The van der Waals surface area contributed by atoms with Crippen molar-refractivity contribution in [2.24, 2.45) is 0 Å². The summed E-state index contributed by atoms with van der Waals surface area (Å²) in [7, 11) is 3.47. The van der Waals surface area contributed by atoms with Crippen LogP contribution in [0.3, 0.4) is 0 Å². The summed E-state index contributed by atoms with van der Waals surface area (Å²) in [6.45, 7) is 5.40. The van der Waals surface area contributed by atoms with E-state index in [4.69, 9.17) is 9.72 Å². The summed E-state index contributed by atoms with van der Waals surface area (Å²) >= 11 is 0. The molecule has 0 aliphatic heterocycles. The van der Waals surface area contributed by atoms with Crippen molar-refractivity contribution in [2.45, 2.75) is 26.9 Å². The number of para-hydroxylation sites is 1. The van der Waals surface area contributed by atoms with Crippen LogP contribution >= 0.6 is 0 Å². The molecule has 0 spiro atoms. The van der Waals surface area contributed by atoms with Gasteiger partial charge in [-0.25, -0.2) is 4.98 Å². The van der Waals surface area contributed by atoms with Crippen LogP contribution in [0.2, 0.25) is 0 Å². The van der Waals surface area contributed by atoms with E-state index < -0.39 is 0 Å². The Hall–Kier alpha value is -3.67. The molecule has 6 heteroatoms. The summed E-state index contributed by atoms with van der Waals surface area (Å²) in [6, 6.07) is 17.3. The number of carbonyl (C=O) groups excluding carboxylic acids is 1. The van der Waals surface area contributed by atoms with Gasteiger partial charge in [-0.15, -0.1) is 0 Å². The maximum Gasteiger partial charge on any atom is 0.254 e. The van der Waals surface area contributed by atoms with Gasteiger partial charge in [-0.3, -0.25) is 9.48 Å². The molecule has 0 N–H and O–H groups in total. The van der Waals surface area contributed by atoms with Gasteiger partial charge in [0.2, 0.25) is 0 Å². The molecule has 2 aromatic heterocycles. The predicted molar refractivity (Wildman–Crippen MR) is 122 cm³/mol. The van der Waals surface area contributed by atoms with Gasteiger partial charge >= 0.3 is 0 Å². The number of hydrogen-bond acceptors (Lipinski definition) is 4. The third-order valence-corrected chi connectivity index (χ3v) is 5.59. The molecule has 6 nitrogen and oxygen atoms in total. The number of aromatic nitrogens is 3. The van der Waals surface area contributed by atoms with Gasteiger partial charge in [-0.2, -0.15) is 5.10 Å². The quantitative estimate of drug-likeness (QED) is 0.459. The van der Waals surface area contributed by atoms with Crippen LogP contribution in [-0.2, 0) is 13.1 Å². The molecule has 4 rings (SSSR count). The number of aryl methyl sites for hydroxylation is 1. The molecule has 158 valence electrons. The molecular weight excluding hydrogens is 388 g/mol. The van der Waals surface area contributed by atoms with Crippen LogP contribution in [0.5, 0.6) is 5.75 Å². The zero-order chi connectivity index (χ0) is 22.0. The standard InChI is InChI=1S/C25H26N4O2/c1-5-29-17(2)19(15-26-29)16-28(3)25(30)22-14-24(18-10-12-20(31-4)13-11-18)27-23-9-7-6-8-21(22)23/h6-15H,5,16H2,1-4H3. The minimum absolute atomic E-state index is 0.0444. The number of nitrogens with zero attached hydrogens (tertiary/aromatic N) is 4. The van der Waals surface area contributed by atoms with Gasteiger partial charge in [0.1, 0.15) is 5.75 Å². The minimum Gasteiger partial charge on any atom is -0.497 e. The molecule has 31 heavy (non-hydrogen) atoms. The van der Waals surface area contributed by atoms with Crippen LogP contribution in [0, 0.1) is 6.92 Å². The molecule has 0 aliphatic rings. The Balaban J connectivity index is 1.72. The Morgan fingerprint density at radius 3 is 2.55 bits per heavy atom. The van der Waals surface area contributed by atoms with Crippen LogP contribution in [0.15, 0.2) is 60.8 Å². The Kier molecular flexibility index (Phi) is 5.71. The minimum atomic E-state index is -0.0444. The molecular formula is C25H26N4O2. The normalized spacial score (nSPS) is 11.0. The smallest absolute Gasteiger partial charge is 0.254 e. The van der Waals surface area contributed by atoms with Crippen LogP contribution in [0.1, 0.15) is 28.5 Å². The lowest BCUT2D eigenvalue weighted by Gasteiger charge is -2.19. The zero-order valence-electron chi connectivity index (χ0n) is 18.3. The first kappa shape index (κ1) is 20.6. The van der Waals surface area contributed by atoms with E-state index in [1.54, 1.807) is 12.0 Å². The first-order valence-electron chi connectivity index (χ1n) is 10.3. The van der Waals surface area contributed by atoms with Crippen molar-refractivity contribution in [3.8, 4) is 17.0 Å². The first-order chi connectivity index (χ1) is 15.0. The molecule has 0 unspecified atom stereocenters. The molecule has 4 aromatic rings. The number of methoxy groups -OCH3 is 1. The summed E-state index contributed by atoms with van der Waals surface area (Å²) in [5, 5.41) is 5.24. The molecule has 0 bridgehead atoms. The molecule has 2 heterocycles. The van der Waals surface area contributed by atoms with E-state index in [1.165, 1.54) is 0 Å². The van der Waals surface area contributed by atoms with Crippen molar-refractivity contribution in [1.29, 1.82) is 0 Å². The molecule has 0 saturated carbocycles. The average molecular weight is 415 g/mol. The molecule has 0 saturated heterocycles. The number of rotatable bonds is 6.